The summed E-state index contributed by atoms with van der Waals surface area (Å²) in [6.45, 7) is 1.99. The molecule has 0 unspecified atom stereocenters. The zero-order chi connectivity index (χ0) is 20.5. The molecule has 0 N–H and O–H groups in total. The maximum Gasteiger partial charge on any atom is 0.281 e. The van der Waals surface area contributed by atoms with E-state index >= 15 is 0 Å². The molecule has 2 aromatic carbocycles. The Hall–Kier alpha value is -4.20. The molecule has 8 heteroatoms. The van der Waals surface area contributed by atoms with Crippen LogP contribution in [0.25, 0.3) is 39.9 Å². The van der Waals surface area contributed by atoms with Crippen molar-refractivity contribution in [3.63, 3.8) is 0 Å². The molecule has 0 radical (unpaired) electrons. The van der Waals surface area contributed by atoms with Crippen LogP contribution in [0.15, 0.2) is 77.6 Å². The zero-order valence-corrected chi connectivity index (χ0v) is 15.9. The number of hydrogen-bond acceptors (Lipinski definition) is 6. The van der Waals surface area contributed by atoms with Crippen LogP contribution in [0.1, 0.15) is 5.56 Å². The van der Waals surface area contributed by atoms with Gasteiger partial charge in [0.1, 0.15) is 17.2 Å². The van der Waals surface area contributed by atoms with Crippen LogP contribution >= 0.6 is 0 Å². The predicted octanol–water partition coefficient (Wildman–Crippen LogP) is 4.49. The highest BCUT2D eigenvalue weighted by Gasteiger charge is 2.24. The first kappa shape index (κ1) is 17.9. The van der Waals surface area contributed by atoms with Crippen LogP contribution in [0.3, 0.4) is 0 Å². The lowest BCUT2D eigenvalue weighted by molar-refractivity contribution is 0.431. The number of aryl methyl sites for hydroxylation is 1. The number of halogens is 1. The number of nitrogens with zero attached hydrogens (tertiary/aromatic N) is 6. The van der Waals surface area contributed by atoms with Gasteiger partial charge in [0.05, 0.1) is 0 Å². The Bertz CT molecular complexity index is 1330. The summed E-state index contributed by atoms with van der Waals surface area (Å²) >= 11 is 0. The van der Waals surface area contributed by atoms with Gasteiger partial charge in [-0.25, -0.2) is 9.07 Å². The van der Waals surface area contributed by atoms with E-state index in [2.05, 4.69) is 25.4 Å². The maximum atomic E-state index is 14.5. The van der Waals surface area contributed by atoms with Gasteiger partial charge in [0, 0.05) is 23.5 Å². The smallest absolute Gasteiger partial charge is 0.281 e. The molecule has 146 valence electrons. The average Bonchev–Trinajstić information content (AvgIpc) is 3.42. The minimum absolute atomic E-state index is 0.195. The third-order valence-electron chi connectivity index (χ3n) is 4.61. The summed E-state index contributed by atoms with van der Waals surface area (Å²) in [6.07, 6.45) is 3.29. The van der Waals surface area contributed by atoms with Gasteiger partial charge in [-0.15, -0.1) is 5.10 Å². The predicted molar refractivity (Wildman–Crippen MR) is 108 cm³/mol. The van der Waals surface area contributed by atoms with E-state index in [1.54, 1.807) is 42.7 Å². The second-order valence-electron chi connectivity index (χ2n) is 6.68. The Morgan fingerprint density at radius 3 is 2.57 bits per heavy atom. The van der Waals surface area contributed by atoms with Crippen molar-refractivity contribution in [2.75, 3.05) is 0 Å². The first-order valence-corrected chi connectivity index (χ1v) is 9.23. The fourth-order valence-electron chi connectivity index (χ4n) is 3.21. The molecule has 0 aliphatic carbocycles. The van der Waals surface area contributed by atoms with Gasteiger partial charge >= 0.3 is 0 Å². The van der Waals surface area contributed by atoms with E-state index < -0.39 is 5.82 Å². The second-order valence-corrected chi connectivity index (χ2v) is 6.68. The molecular formula is C22H15FN6O. The molecule has 0 bridgehead atoms. The molecule has 0 aliphatic heterocycles. The summed E-state index contributed by atoms with van der Waals surface area (Å²) < 4.78 is 21.4. The fraction of sp³-hybridized carbons (Fsp3) is 0.0455. The first-order chi connectivity index (χ1) is 14.7. The Labute approximate surface area is 170 Å². The van der Waals surface area contributed by atoms with Crippen molar-refractivity contribution in [1.29, 1.82) is 0 Å². The number of pyridine rings is 1. The summed E-state index contributed by atoms with van der Waals surface area (Å²) in [6, 6.07) is 17.7. The lowest BCUT2D eigenvalue weighted by Crippen LogP contribution is -2.02. The third-order valence-corrected chi connectivity index (χ3v) is 4.61. The number of hydrogen-bond donors (Lipinski definition) is 0. The lowest BCUT2D eigenvalue weighted by atomic mass is 10.1. The molecule has 0 amide bonds. The second kappa shape index (κ2) is 7.32. The van der Waals surface area contributed by atoms with Gasteiger partial charge in [0.25, 0.3) is 5.89 Å². The van der Waals surface area contributed by atoms with Crippen molar-refractivity contribution in [1.82, 2.24) is 30.1 Å². The van der Waals surface area contributed by atoms with Crippen LogP contribution in [-0.2, 0) is 0 Å². The van der Waals surface area contributed by atoms with E-state index in [1.807, 2.05) is 31.2 Å². The highest BCUT2D eigenvalue weighted by molar-refractivity contribution is 5.76. The van der Waals surface area contributed by atoms with Gasteiger partial charge in [-0.3, -0.25) is 4.98 Å². The number of benzene rings is 2. The molecule has 0 saturated carbocycles. The Kier molecular flexibility index (Phi) is 4.36. The highest BCUT2D eigenvalue weighted by Crippen LogP contribution is 2.32. The number of rotatable bonds is 4. The van der Waals surface area contributed by atoms with Crippen LogP contribution in [0, 0.1) is 12.7 Å². The van der Waals surface area contributed by atoms with E-state index in [1.165, 1.54) is 10.7 Å². The fourth-order valence-corrected chi connectivity index (χ4v) is 3.21. The van der Waals surface area contributed by atoms with Gasteiger partial charge < -0.3 is 4.52 Å². The van der Waals surface area contributed by atoms with E-state index in [4.69, 9.17) is 4.52 Å². The summed E-state index contributed by atoms with van der Waals surface area (Å²) in [4.78, 5) is 8.56. The minimum Gasteiger partial charge on any atom is -0.332 e. The topological polar surface area (TPSA) is 82.5 Å². The van der Waals surface area contributed by atoms with E-state index in [0.717, 1.165) is 16.7 Å². The molecule has 3 heterocycles. The minimum atomic E-state index is -0.421. The van der Waals surface area contributed by atoms with Crippen LogP contribution in [0.5, 0.6) is 0 Å². The normalized spacial score (nSPS) is 11.0. The molecule has 3 aromatic heterocycles. The van der Waals surface area contributed by atoms with Gasteiger partial charge in [-0.1, -0.05) is 46.3 Å². The van der Waals surface area contributed by atoms with Crippen LogP contribution < -0.4 is 0 Å². The molecule has 0 atom stereocenters. The maximum absolute atomic E-state index is 14.5. The third kappa shape index (κ3) is 3.14. The zero-order valence-electron chi connectivity index (χ0n) is 15.9. The number of para-hydroxylation sites is 1. The quantitative estimate of drug-likeness (QED) is 0.443. The van der Waals surface area contributed by atoms with Crippen molar-refractivity contribution >= 4 is 0 Å². The number of aromatic nitrogens is 6. The van der Waals surface area contributed by atoms with Crippen LogP contribution in [0.2, 0.25) is 0 Å². The largest absolute Gasteiger partial charge is 0.332 e. The molecule has 0 fully saturated rings. The molecule has 5 rings (SSSR count). The Morgan fingerprint density at radius 2 is 1.77 bits per heavy atom. The molecule has 30 heavy (non-hydrogen) atoms. The summed E-state index contributed by atoms with van der Waals surface area (Å²) in [5.74, 6) is 0.214. The summed E-state index contributed by atoms with van der Waals surface area (Å²) in [7, 11) is 0. The monoisotopic (exact) mass is 398 g/mol. The van der Waals surface area contributed by atoms with Crippen molar-refractivity contribution in [2.24, 2.45) is 0 Å². The van der Waals surface area contributed by atoms with Crippen molar-refractivity contribution in [3.8, 4) is 39.9 Å². The van der Waals surface area contributed by atoms with E-state index in [0.29, 0.717) is 17.2 Å². The van der Waals surface area contributed by atoms with E-state index in [9.17, 15) is 4.39 Å². The highest BCUT2D eigenvalue weighted by atomic mass is 19.1. The lowest BCUT2D eigenvalue weighted by Gasteiger charge is -2.08. The average molecular weight is 398 g/mol. The van der Waals surface area contributed by atoms with Crippen LogP contribution in [0.4, 0.5) is 4.39 Å². The first-order valence-electron chi connectivity index (χ1n) is 9.23. The van der Waals surface area contributed by atoms with Crippen molar-refractivity contribution in [2.45, 2.75) is 6.92 Å². The molecule has 0 spiro atoms. The van der Waals surface area contributed by atoms with Gasteiger partial charge in [0.2, 0.25) is 5.82 Å². The Morgan fingerprint density at radius 1 is 0.933 bits per heavy atom. The molecule has 0 saturated heterocycles. The van der Waals surface area contributed by atoms with Crippen molar-refractivity contribution in [3.05, 3.63) is 84.4 Å². The standard InChI is InChI=1S/C22H15FN6O/c1-14-5-4-6-16(13-14)21-25-22(30-27-21)19-20(15-9-11-24-12-10-15)29(28-26-19)18-8-3-2-7-17(18)23/h2-13H,1H3. The van der Waals surface area contributed by atoms with Gasteiger partial charge in [-0.05, 0) is 37.3 Å². The molecular weight excluding hydrogens is 383 g/mol. The molecule has 0 aliphatic rings. The summed E-state index contributed by atoms with van der Waals surface area (Å²) in [5, 5.41) is 12.5. The Balaban J connectivity index is 1.68. The van der Waals surface area contributed by atoms with E-state index in [-0.39, 0.29) is 11.6 Å². The molecule has 7 nitrogen and oxygen atoms in total. The van der Waals surface area contributed by atoms with Crippen molar-refractivity contribution < 1.29 is 8.91 Å². The van der Waals surface area contributed by atoms with Gasteiger partial charge in [-0.2, -0.15) is 4.98 Å². The van der Waals surface area contributed by atoms with Crippen LogP contribution in [-0.4, -0.2) is 30.1 Å². The molecule has 5 aromatic rings. The van der Waals surface area contributed by atoms with Gasteiger partial charge in [0.15, 0.2) is 5.69 Å². The summed E-state index contributed by atoms with van der Waals surface area (Å²) in [5.41, 5.74) is 3.81. The SMILES string of the molecule is Cc1cccc(-c2noc(-c3nnn(-c4ccccc4F)c3-c3ccncc3)n2)c1.